The fraction of sp³-hybridized carbons (Fsp3) is 0.706. The smallest absolute Gasteiger partial charge is 0.336 e. The largest absolute Gasteiger partial charge is 0.459 e. The first-order chi connectivity index (χ1) is 11.6. The highest BCUT2D eigenvalue weighted by Gasteiger charge is 2.20. The van der Waals surface area contributed by atoms with E-state index in [1.54, 1.807) is 0 Å². The first-order valence-electron chi connectivity index (χ1n) is 8.92. The zero-order chi connectivity index (χ0) is 17.1. The number of nitrogens with zero attached hydrogens (tertiary/aromatic N) is 5. The average molecular weight is 332 g/mol. The molecular formula is C17H28N6O. The van der Waals surface area contributed by atoms with Gasteiger partial charge in [0.25, 0.3) is 0 Å². The van der Waals surface area contributed by atoms with Crippen LogP contribution in [0.4, 0.5) is 5.82 Å². The van der Waals surface area contributed by atoms with Crippen LogP contribution in [-0.4, -0.2) is 50.7 Å². The van der Waals surface area contributed by atoms with Crippen LogP contribution in [0.1, 0.15) is 45.2 Å². The van der Waals surface area contributed by atoms with Crippen LogP contribution >= 0.6 is 0 Å². The van der Waals surface area contributed by atoms with Gasteiger partial charge in [-0.3, -0.25) is 0 Å². The first-order valence-corrected chi connectivity index (χ1v) is 8.92. The van der Waals surface area contributed by atoms with Crippen LogP contribution in [0.3, 0.4) is 0 Å². The Balaban J connectivity index is 1.80. The molecule has 7 heteroatoms. The lowest BCUT2D eigenvalue weighted by molar-refractivity contribution is 0.189. The molecule has 1 aliphatic heterocycles. The number of hydrogen-bond donors (Lipinski definition) is 1. The minimum Gasteiger partial charge on any atom is -0.459 e. The van der Waals surface area contributed by atoms with Crippen molar-refractivity contribution in [3.63, 3.8) is 0 Å². The summed E-state index contributed by atoms with van der Waals surface area (Å²) in [6.45, 7) is 6.47. The summed E-state index contributed by atoms with van der Waals surface area (Å²) in [5.74, 6) is 1.04. The molecule has 0 spiro atoms. The van der Waals surface area contributed by atoms with Gasteiger partial charge in [0.05, 0.1) is 18.0 Å². The van der Waals surface area contributed by atoms with Crippen molar-refractivity contribution in [3.8, 4) is 6.01 Å². The summed E-state index contributed by atoms with van der Waals surface area (Å²) in [6, 6.07) is 0.337. The molecule has 1 fully saturated rings. The molecule has 0 radical (unpaired) electrons. The van der Waals surface area contributed by atoms with Crippen LogP contribution in [0, 0.1) is 5.92 Å². The molecule has 2 N–H and O–H groups in total. The molecule has 3 rings (SSSR count). The highest BCUT2D eigenvalue weighted by Crippen LogP contribution is 2.23. The van der Waals surface area contributed by atoms with Crippen molar-refractivity contribution in [1.82, 2.24) is 24.5 Å². The number of piperidine rings is 1. The van der Waals surface area contributed by atoms with E-state index in [0.717, 1.165) is 38.0 Å². The van der Waals surface area contributed by atoms with Crippen LogP contribution in [0.5, 0.6) is 6.01 Å². The third-order valence-corrected chi connectivity index (χ3v) is 4.78. The van der Waals surface area contributed by atoms with E-state index >= 15 is 0 Å². The third kappa shape index (κ3) is 3.77. The molecule has 0 saturated carbocycles. The number of aromatic nitrogens is 4. The Morgan fingerprint density at radius 2 is 2.12 bits per heavy atom. The Morgan fingerprint density at radius 3 is 2.83 bits per heavy atom. The zero-order valence-electron chi connectivity index (χ0n) is 14.9. The molecule has 2 aromatic heterocycles. The molecule has 3 heterocycles. The summed E-state index contributed by atoms with van der Waals surface area (Å²) in [5, 5.41) is 4.53. The third-order valence-electron chi connectivity index (χ3n) is 4.78. The molecule has 7 nitrogen and oxygen atoms in total. The second-order valence-corrected chi connectivity index (χ2v) is 6.93. The van der Waals surface area contributed by atoms with Crippen molar-refractivity contribution in [2.45, 2.75) is 52.1 Å². The Hall–Kier alpha value is -1.89. The molecule has 0 bridgehead atoms. The Kier molecular flexibility index (Phi) is 5.18. The van der Waals surface area contributed by atoms with E-state index in [0.29, 0.717) is 23.4 Å². The van der Waals surface area contributed by atoms with Crippen molar-refractivity contribution in [2.75, 3.05) is 25.9 Å². The molecule has 0 aromatic carbocycles. The summed E-state index contributed by atoms with van der Waals surface area (Å²) in [5.41, 5.74) is 7.75. The van der Waals surface area contributed by atoms with Gasteiger partial charge in [0, 0.05) is 0 Å². The van der Waals surface area contributed by atoms with Crippen LogP contribution in [-0.2, 0) is 6.42 Å². The molecule has 2 aromatic rings. The fourth-order valence-corrected chi connectivity index (χ4v) is 3.32. The van der Waals surface area contributed by atoms with Gasteiger partial charge < -0.3 is 15.4 Å². The molecule has 0 amide bonds. The first kappa shape index (κ1) is 17.0. The van der Waals surface area contributed by atoms with Gasteiger partial charge >= 0.3 is 6.01 Å². The number of imidazole rings is 1. The van der Waals surface area contributed by atoms with Crippen molar-refractivity contribution in [1.29, 1.82) is 0 Å². The maximum absolute atomic E-state index is 6.05. The van der Waals surface area contributed by atoms with E-state index in [1.165, 1.54) is 12.8 Å². The van der Waals surface area contributed by atoms with Crippen LogP contribution < -0.4 is 10.5 Å². The number of likely N-dealkylation sites (tertiary alicyclic amines) is 1. The van der Waals surface area contributed by atoms with Crippen molar-refractivity contribution >= 4 is 11.5 Å². The second-order valence-electron chi connectivity index (χ2n) is 6.93. The SMILES string of the molecule is CCCC(C)Oc1nc(N)c2ncc(CC3CCN(C)CC3)n2n1. The zero-order valence-corrected chi connectivity index (χ0v) is 14.9. The minimum atomic E-state index is 0.0766. The number of ether oxygens (including phenoxy) is 1. The van der Waals surface area contributed by atoms with Gasteiger partial charge in [0.2, 0.25) is 0 Å². The lowest BCUT2D eigenvalue weighted by Gasteiger charge is -2.28. The molecular weight excluding hydrogens is 304 g/mol. The van der Waals surface area contributed by atoms with E-state index in [-0.39, 0.29) is 6.10 Å². The maximum Gasteiger partial charge on any atom is 0.336 e. The Bertz CT molecular complexity index is 677. The van der Waals surface area contributed by atoms with Gasteiger partial charge in [-0.25, -0.2) is 9.50 Å². The molecule has 1 saturated heterocycles. The average Bonchev–Trinajstić information content (AvgIpc) is 2.93. The van der Waals surface area contributed by atoms with E-state index in [4.69, 9.17) is 10.5 Å². The van der Waals surface area contributed by atoms with Crippen molar-refractivity contribution in [3.05, 3.63) is 11.9 Å². The number of rotatable bonds is 6. The van der Waals surface area contributed by atoms with Gasteiger partial charge in [-0.2, -0.15) is 4.98 Å². The van der Waals surface area contributed by atoms with Crippen LogP contribution in [0.25, 0.3) is 5.65 Å². The summed E-state index contributed by atoms with van der Waals surface area (Å²) in [7, 11) is 2.18. The second kappa shape index (κ2) is 7.34. The van der Waals surface area contributed by atoms with Crippen molar-refractivity contribution < 1.29 is 4.74 Å². The number of nitrogen functional groups attached to an aromatic ring is 1. The molecule has 1 atom stereocenters. The molecule has 1 unspecified atom stereocenters. The highest BCUT2D eigenvalue weighted by atomic mass is 16.5. The molecule has 24 heavy (non-hydrogen) atoms. The number of hydrogen-bond acceptors (Lipinski definition) is 6. The molecule has 0 aliphatic carbocycles. The minimum absolute atomic E-state index is 0.0766. The monoisotopic (exact) mass is 332 g/mol. The number of fused-ring (bicyclic) bond motifs is 1. The van der Waals surface area contributed by atoms with E-state index in [1.807, 2.05) is 17.6 Å². The summed E-state index contributed by atoms with van der Waals surface area (Å²) < 4.78 is 7.63. The summed E-state index contributed by atoms with van der Waals surface area (Å²) >= 11 is 0. The Morgan fingerprint density at radius 1 is 1.38 bits per heavy atom. The lowest BCUT2D eigenvalue weighted by Crippen LogP contribution is -2.31. The van der Waals surface area contributed by atoms with Crippen LogP contribution in [0.15, 0.2) is 6.20 Å². The Labute approximate surface area is 143 Å². The maximum atomic E-state index is 6.05. The number of anilines is 1. The van der Waals surface area contributed by atoms with Gasteiger partial charge in [0.15, 0.2) is 11.5 Å². The summed E-state index contributed by atoms with van der Waals surface area (Å²) in [6.07, 6.45) is 7.36. The van der Waals surface area contributed by atoms with E-state index in [2.05, 4.69) is 33.9 Å². The summed E-state index contributed by atoms with van der Waals surface area (Å²) in [4.78, 5) is 11.0. The van der Waals surface area contributed by atoms with E-state index < -0.39 is 0 Å². The normalized spacial score (nSPS) is 18.1. The predicted molar refractivity (Wildman–Crippen MR) is 94.1 cm³/mol. The van der Waals surface area contributed by atoms with Crippen molar-refractivity contribution in [2.24, 2.45) is 5.92 Å². The highest BCUT2D eigenvalue weighted by molar-refractivity contribution is 5.59. The van der Waals surface area contributed by atoms with Gasteiger partial charge in [-0.05, 0) is 58.7 Å². The van der Waals surface area contributed by atoms with E-state index in [9.17, 15) is 0 Å². The quantitative estimate of drug-likeness (QED) is 0.873. The lowest BCUT2D eigenvalue weighted by atomic mass is 9.93. The number of nitrogens with two attached hydrogens (primary N) is 1. The van der Waals surface area contributed by atoms with Gasteiger partial charge in [-0.1, -0.05) is 13.3 Å². The molecule has 1 aliphatic rings. The standard InChI is InChI=1S/C17H28N6O/c1-4-5-12(2)24-17-20-15(18)16-19-11-14(23(16)21-17)10-13-6-8-22(3)9-7-13/h11-13H,4-10H2,1-3H3,(H2,18,20,21). The fourth-order valence-electron chi connectivity index (χ4n) is 3.32. The topological polar surface area (TPSA) is 81.6 Å². The van der Waals surface area contributed by atoms with Gasteiger partial charge in [0.1, 0.15) is 0 Å². The molecule has 132 valence electrons. The van der Waals surface area contributed by atoms with Gasteiger partial charge in [-0.15, -0.1) is 5.10 Å². The van der Waals surface area contributed by atoms with Crippen LogP contribution in [0.2, 0.25) is 0 Å². The predicted octanol–water partition coefficient (Wildman–Crippen LogP) is 2.16.